The van der Waals surface area contributed by atoms with Crippen molar-refractivity contribution in [3.05, 3.63) is 59.4 Å². The van der Waals surface area contributed by atoms with Gasteiger partial charge in [-0.05, 0) is 30.3 Å². The Morgan fingerprint density at radius 1 is 1.00 bits per heavy atom. The summed E-state index contributed by atoms with van der Waals surface area (Å²) in [4.78, 5) is 11.8. The molecular formula is C13H9F3N2O. The molecule has 2 rings (SSSR count). The SMILES string of the molecule is Nc1cc(C(=O)Nc2cc(F)cc(F)c2)ccc1F. The minimum absolute atomic E-state index is 0.0367. The molecule has 2 aromatic carbocycles. The van der Waals surface area contributed by atoms with Gasteiger partial charge in [-0.3, -0.25) is 4.79 Å². The van der Waals surface area contributed by atoms with Crippen LogP contribution in [0.15, 0.2) is 36.4 Å². The highest BCUT2D eigenvalue weighted by molar-refractivity contribution is 6.04. The fourth-order valence-corrected chi connectivity index (χ4v) is 1.51. The third-order valence-corrected chi connectivity index (χ3v) is 2.38. The molecule has 0 unspecified atom stereocenters. The molecule has 0 bridgehead atoms. The summed E-state index contributed by atoms with van der Waals surface area (Å²) >= 11 is 0. The van der Waals surface area contributed by atoms with Crippen LogP contribution in [-0.2, 0) is 0 Å². The second kappa shape index (κ2) is 5.01. The van der Waals surface area contributed by atoms with Crippen LogP contribution in [0.3, 0.4) is 0 Å². The highest BCUT2D eigenvalue weighted by Gasteiger charge is 2.10. The van der Waals surface area contributed by atoms with E-state index < -0.39 is 23.4 Å². The summed E-state index contributed by atoms with van der Waals surface area (Å²) in [6.07, 6.45) is 0. The normalized spacial score (nSPS) is 10.3. The van der Waals surface area contributed by atoms with Crippen LogP contribution in [0.1, 0.15) is 10.4 Å². The molecule has 19 heavy (non-hydrogen) atoms. The van der Waals surface area contributed by atoms with Gasteiger partial charge in [-0.15, -0.1) is 0 Å². The Kier molecular flexibility index (Phi) is 3.41. The van der Waals surface area contributed by atoms with Crippen molar-refractivity contribution in [1.29, 1.82) is 0 Å². The number of carbonyl (C=O) groups is 1. The molecule has 1 amide bonds. The number of hydrogen-bond acceptors (Lipinski definition) is 2. The van der Waals surface area contributed by atoms with E-state index in [0.29, 0.717) is 6.07 Å². The molecule has 3 nitrogen and oxygen atoms in total. The van der Waals surface area contributed by atoms with E-state index in [2.05, 4.69) is 5.32 Å². The molecular weight excluding hydrogens is 257 g/mol. The van der Waals surface area contributed by atoms with E-state index in [9.17, 15) is 18.0 Å². The number of amides is 1. The van der Waals surface area contributed by atoms with Gasteiger partial charge in [0.1, 0.15) is 17.5 Å². The summed E-state index contributed by atoms with van der Waals surface area (Å²) in [6, 6.07) is 6.01. The molecule has 3 N–H and O–H groups in total. The third-order valence-electron chi connectivity index (χ3n) is 2.38. The molecule has 0 radical (unpaired) electrons. The van der Waals surface area contributed by atoms with E-state index in [0.717, 1.165) is 24.3 Å². The van der Waals surface area contributed by atoms with E-state index in [1.54, 1.807) is 0 Å². The molecule has 98 valence electrons. The second-order valence-corrected chi connectivity index (χ2v) is 3.85. The predicted molar refractivity (Wildman–Crippen MR) is 65.1 cm³/mol. The van der Waals surface area contributed by atoms with Crippen LogP contribution >= 0.6 is 0 Å². The Hall–Kier alpha value is -2.50. The minimum Gasteiger partial charge on any atom is -0.396 e. The van der Waals surface area contributed by atoms with Gasteiger partial charge < -0.3 is 11.1 Å². The topological polar surface area (TPSA) is 55.1 Å². The Bertz CT molecular complexity index is 624. The molecule has 0 saturated carbocycles. The number of carbonyl (C=O) groups excluding carboxylic acids is 1. The van der Waals surface area contributed by atoms with E-state index in [4.69, 9.17) is 5.73 Å². The zero-order valence-corrected chi connectivity index (χ0v) is 9.58. The third kappa shape index (κ3) is 3.04. The van der Waals surface area contributed by atoms with Crippen molar-refractivity contribution < 1.29 is 18.0 Å². The minimum atomic E-state index is -0.811. The van der Waals surface area contributed by atoms with Crippen LogP contribution in [0.25, 0.3) is 0 Å². The van der Waals surface area contributed by atoms with Gasteiger partial charge in [-0.2, -0.15) is 0 Å². The molecule has 0 saturated heterocycles. The van der Waals surface area contributed by atoms with Crippen molar-refractivity contribution in [3.63, 3.8) is 0 Å². The Balaban J connectivity index is 2.22. The van der Waals surface area contributed by atoms with Crippen LogP contribution in [0.2, 0.25) is 0 Å². The van der Waals surface area contributed by atoms with Gasteiger partial charge in [-0.1, -0.05) is 0 Å². The Morgan fingerprint density at radius 3 is 2.21 bits per heavy atom. The zero-order valence-electron chi connectivity index (χ0n) is 9.58. The first-order valence-corrected chi connectivity index (χ1v) is 5.28. The average molecular weight is 266 g/mol. The van der Waals surface area contributed by atoms with Gasteiger partial charge in [-0.25, -0.2) is 13.2 Å². The number of hydrogen-bond donors (Lipinski definition) is 2. The summed E-state index contributed by atoms with van der Waals surface area (Å²) in [5.41, 5.74) is 5.19. The van der Waals surface area contributed by atoms with Gasteiger partial charge in [0.05, 0.1) is 5.69 Å². The molecule has 0 fully saturated rings. The Labute approximate surface area is 106 Å². The van der Waals surface area contributed by atoms with E-state index in [1.807, 2.05) is 0 Å². The summed E-state index contributed by atoms with van der Waals surface area (Å²) in [5, 5.41) is 2.29. The van der Waals surface area contributed by atoms with Crippen LogP contribution < -0.4 is 11.1 Å². The molecule has 0 heterocycles. The van der Waals surface area contributed by atoms with E-state index in [-0.39, 0.29) is 16.9 Å². The first-order valence-electron chi connectivity index (χ1n) is 5.28. The van der Waals surface area contributed by atoms with Crippen molar-refractivity contribution in [2.75, 3.05) is 11.1 Å². The summed E-state index contributed by atoms with van der Waals surface area (Å²) in [7, 11) is 0. The van der Waals surface area contributed by atoms with Crippen molar-refractivity contribution in [1.82, 2.24) is 0 Å². The van der Waals surface area contributed by atoms with Gasteiger partial charge in [0, 0.05) is 17.3 Å². The number of benzene rings is 2. The summed E-state index contributed by atoms with van der Waals surface area (Å²) in [5.74, 6) is -2.91. The lowest BCUT2D eigenvalue weighted by Gasteiger charge is -2.06. The maximum atomic E-state index is 12.9. The molecule has 2 aromatic rings. The smallest absolute Gasteiger partial charge is 0.255 e. The highest BCUT2D eigenvalue weighted by atomic mass is 19.1. The van der Waals surface area contributed by atoms with Crippen molar-refractivity contribution in [3.8, 4) is 0 Å². The van der Waals surface area contributed by atoms with Crippen LogP contribution in [-0.4, -0.2) is 5.91 Å². The summed E-state index contributed by atoms with van der Waals surface area (Å²) in [6.45, 7) is 0. The molecule has 6 heteroatoms. The first kappa shape index (κ1) is 12.9. The van der Waals surface area contributed by atoms with Crippen LogP contribution in [0.4, 0.5) is 24.5 Å². The van der Waals surface area contributed by atoms with Crippen molar-refractivity contribution in [2.24, 2.45) is 0 Å². The zero-order chi connectivity index (χ0) is 14.0. The molecule has 0 aliphatic heterocycles. The molecule has 0 aromatic heterocycles. The van der Waals surface area contributed by atoms with E-state index in [1.165, 1.54) is 6.07 Å². The Morgan fingerprint density at radius 2 is 1.63 bits per heavy atom. The van der Waals surface area contributed by atoms with Gasteiger partial charge >= 0.3 is 0 Å². The number of anilines is 2. The van der Waals surface area contributed by atoms with Crippen LogP contribution in [0.5, 0.6) is 0 Å². The number of rotatable bonds is 2. The average Bonchev–Trinajstić information content (AvgIpc) is 2.31. The van der Waals surface area contributed by atoms with Crippen molar-refractivity contribution >= 4 is 17.3 Å². The quantitative estimate of drug-likeness (QED) is 0.821. The lowest BCUT2D eigenvalue weighted by Crippen LogP contribution is -2.12. The predicted octanol–water partition coefficient (Wildman–Crippen LogP) is 2.94. The number of nitrogen functional groups attached to an aromatic ring is 1. The van der Waals surface area contributed by atoms with Crippen LogP contribution in [0, 0.1) is 17.5 Å². The summed E-state index contributed by atoms with van der Waals surface area (Å²) < 4.78 is 38.8. The maximum absolute atomic E-state index is 12.9. The van der Waals surface area contributed by atoms with Crippen molar-refractivity contribution in [2.45, 2.75) is 0 Å². The van der Waals surface area contributed by atoms with Gasteiger partial charge in [0.25, 0.3) is 5.91 Å². The lowest BCUT2D eigenvalue weighted by molar-refractivity contribution is 0.102. The van der Waals surface area contributed by atoms with E-state index >= 15 is 0 Å². The second-order valence-electron chi connectivity index (χ2n) is 3.85. The molecule has 0 atom stereocenters. The van der Waals surface area contributed by atoms with Gasteiger partial charge in [0.2, 0.25) is 0 Å². The highest BCUT2D eigenvalue weighted by Crippen LogP contribution is 2.16. The lowest BCUT2D eigenvalue weighted by atomic mass is 10.1. The fraction of sp³-hybridized carbons (Fsp3) is 0. The standard InChI is InChI=1S/C13H9F3N2O/c14-8-4-9(15)6-10(5-8)18-13(19)7-1-2-11(16)12(17)3-7/h1-6H,17H2,(H,18,19). The number of halogens is 3. The fourth-order valence-electron chi connectivity index (χ4n) is 1.51. The molecule has 0 aliphatic carbocycles. The largest absolute Gasteiger partial charge is 0.396 e. The maximum Gasteiger partial charge on any atom is 0.255 e. The number of nitrogens with one attached hydrogen (secondary N) is 1. The molecule has 0 aliphatic rings. The first-order chi connectivity index (χ1) is 8.95. The van der Waals surface area contributed by atoms with Gasteiger partial charge in [0.15, 0.2) is 0 Å². The molecule has 0 spiro atoms. The monoisotopic (exact) mass is 266 g/mol. The number of nitrogens with two attached hydrogens (primary N) is 1.